The standard InChI is InChI=1S/C16H27NO/c1-12-7-8-14(15(2,3)4)9-13(12)10-17-11-16(5,6)18/h7-9,17-18H,10-11H2,1-6H3. The lowest BCUT2D eigenvalue weighted by Gasteiger charge is -2.22. The maximum Gasteiger partial charge on any atom is 0.0715 e. The van der Waals surface area contributed by atoms with E-state index >= 15 is 0 Å². The Morgan fingerprint density at radius 1 is 1.11 bits per heavy atom. The lowest BCUT2D eigenvalue weighted by Crippen LogP contribution is -2.34. The number of benzene rings is 1. The highest BCUT2D eigenvalue weighted by atomic mass is 16.3. The zero-order valence-electron chi connectivity index (χ0n) is 12.6. The van der Waals surface area contributed by atoms with Gasteiger partial charge in [-0.25, -0.2) is 0 Å². The number of rotatable bonds is 4. The van der Waals surface area contributed by atoms with E-state index in [1.165, 1.54) is 16.7 Å². The van der Waals surface area contributed by atoms with E-state index in [2.05, 4.69) is 51.2 Å². The Bertz CT molecular complexity index is 397. The summed E-state index contributed by atoms with van der Waals surface area (Å²) in [6.07, 6.45) is 0. The summed E-state index contributed by atoms with van der Waals surface area (Å²) in [6.45, 7) is 13.9. The van der Waals surface area contributed by atoms with Crippen LogP contribution in [0.2, 0.25) is 0 Å². The van der Waals surface area contributed by atoms with E-state index in [9.17, 15) is 5.11 Å². The molecule has 0 saturated heterocycles. The van der Waals surface area contributed by atoms with Crippen molar-refractivity contribution < 1.29 is 5.11 Å². The predicted molar refractivity (Wildman–Crippen MR) is 77.9 cm³/mol. The second-order valence-corrected chi connectivity index (χ2v) is 6.81. The molecule has 2 N–H and O–H groups in total. The van der Waals surface area contributed by atoms with Crippen molar-refractivity contribution in [2.45, 2.75) is 59.1 Å². The van der Waals surface area contributed by atoms with Gasteiger partial charge in [-0.2, -0.15) is 0 Å². The molecule has 0 aliphatic heterocycles. The van der Waals surface area contributed by atoms with Crippen LogP contribution in [0, 0.1) is 6.92 Å². The van der Waals surface area contributed by atoms with Crippen LogP contribution in [-0.4, -0.2) is 17.3 Å². The lowest BCUT2D eigenvalue weighted by atomic mass is 9.85. The van der Waals surface area contributed by atoms with Gasteiger partial charge < -0.3 is 10.4 Å². The summed E-state index contributed by atoms with van der Waals surface area (Å²) < 4.78 is 0. The Morgan fingerprint density at radius 3 is 2.22 bits per heavy atom. The van der Waals surface area contributed by atoms with E-state index in [1.807, 2.05) is 13.8 Å². The summed E-state index contributed by atoms with van der Waals surface area (Å²) in [5.41, 5.74) is 3.49. The predicted octanol–water partition coefficient (Wildman–Crippen LogP) is 3.15. The van der Waals surface area contributed by atoms with E-state index in [-0.39, 0.29) is 5.41 Å². The average Bonchev–Trinajstić information content (AvgIpc) is 2.17. The third kappa shape index (κ3) is 4.79. The first-order valence-corrected chi connectivity index (χ1v) is 6.63. The van der Waals surface area contributed by atoms with E-state index in [1.54, 1.807) is 0 Å². The van der Waals surface area contributed by atoms with Crippen LogP contribution in [0.1, 0.15) is 51.3 Å². The Kier molecular flexibility index (Phi) is 4.57. The number of aryl methyl sites for hydroxylation is 1. The summed E-state index contributed by atoms with van der Waals surface area (Å²) in [5.74, 6) is 0. The maximum atomic E-state index is 9.69. The molecule has 0 atom stereocenters. The molecule has 0 heterocycles. The molecule has 0 bridgehead atoms. The van der Waals surface area contributed by atoms with Crippen molar-refractivity contribution in [1.82, 2.24) is 5.32 Å². The molecule has 0 fully saturated rings. The summed E-state index contributed by atoms with van der Waals surface area (Å²) in [4.78, 5) is 0. The number of hydrogen-bond donors (Lipinski definition) is 2. The number of nitrogens with one attached hydrogen (secondary N) is 1. The average molecular weight is 249 g/mol. The van der Waals surface area contributed by atoms with Crippen LogP contribution in [0.5, 0.6) is 0 Å². The fourth-order valence-corrected chi connectivity index (χ4v) is 1.83. The second kappa shape index (κ2) is 5.41. The molecule has 0 aliphatic rings. The third-order valence-corrected chi connectivity index (χ3v) is 3.09. The van der Waals surface area contributed by atoms with Crippen LogP contribution >= 0.6 is 0 Å². The fourth-order valence-electron chi connectivity index (χ4n) is 1.83. The lowest BCUT2D eigenvalue weighted by molar-refractivity contribution is 0.0795. The van der Waals surface area contributed by atoms with Gasteiger partial charge in [0.1, 0.15) is 0 Å². The van der Waals surface area contributed by atoms with E-state index < -0.39 is 5.60 Å². The van der Waals surface area contributed by atoms with Crippen LogP contribution in [-0.2, 0) is 12.0 Å². The zero-order valence-corrected chi connectivity index (χ0v) is 12.6. The van der Waals surface area contributed by atoms with Gasteiger partial charge in [0.05, 0.1) is 5.60 Å². The highest BCUT2D eigenvalue weighted by Gasteiger charge is 2.15. The SMILES string of the molecule is Cc1ccc(C(C)(C)C)cc1CNCC(C)(C)O. The molecule has 1 aromatic carbocycles. The Hall–Kier alpha value is -0.860. The quantitative estimate of drug-likeness (QED) is 0.859. The van der Waals surface area contributed by atoms with Crippen molar-refractivity contribution in [2.24, 2.45) is 0 Å². The van der Waals surface area contributed by atoms with Gasteiger partial charge in [0.25, 0.3) is 0 Å². The monoisotopic (exact) mass is 249 g/mol. The van der Waals surface area contributed by atoms with E-state index in [0.717, 1.165) is 6.54 Å². The minimum absolute atomic E-state index is 0.179. The van der Waals surface area contributed by atoms with Crippen molar-refractivity contribution in [2.75, 3.05) is 6.54 Å². The van der Waals surface area contributed by atoms with Gasteiger partial charge in [0.15, 0.2) is 0 Å². The summed E-state index contributed by atoms with van der Waals surface area (Å²) in [7, 11) is 0. The highest BCUT2D eigenvalue weighted by Crippen LogP contribution is 2.24. The smallest absolute Gasteiger partial charge is 0.0715 e. The first kappa shape index (κ1) is 15.2. The van der Waals surface area contributed by atoms with Crippen molar-refractivity contribution in [3.05, 3.63) is 34.9 Å². The molecular formula is C16H27NO. The molecule has 18 heavy (non-hydrogen) atoms. The van der Waals surface area contributed by atoms with Crippen molar-refractivity contribution in [1.29, 1.82) is 0 Å². The first-order valence-electron chi connectivity index (χ1n) is 6.63. The molecule has 2 heteroatoms. The van der Waals surface area contributed by atoms with Crippen molar-refractivity contribution in [3.63, 3.8) is 0 Å². The molecular weight excluding hydrogens is 222 g/mol. The van der Waals surface area contributed by atoms with Gasteiger partial charge in [-0.15, -0.1) is 0 Å². The van der Waals surface area contributed by atoms with Gasteiger partial charge in [-0.3, -0.25) is 0 Å². The Morgan fingerprint density at radius 2 is 1.72 bits per heavy atom. The minimum atomic E-state index is -0.657. The first-order chi connectivity index (χ1) is 8.09. The topological polar surface area (TPSA) is 32.3 Å². The second-order valence-electron chi connectivity index (χ2n) is 6.81. The zero-order chi connectivity index (χ0) is 14.0. The highest BCUT2D eigenvalue weighted by molar-refractivity contribution is 5.34. The van der Waals surface area contributed by atoms with Gasteiger partial charge >= 0.3 is 0 Å². The normalized spacial score (nSPS) is 12.8. The van der Waals surface area contributed by atoms with Crippen LogP contribution < -0.4 is 5.32 Å². The molecule has 2 nitrogen and oxygen atoms in total. The van der Waals surface area contributed by atoms with Crippen molar-refractivity contribution in [3.8, 4) is 0 Å². The molecule has 0 radical (unpaired) electrons. The maximum absolute atomic E-state index is 9.69. The van der Waals surface area contributed by atoms with Gasteiger partial charge in [-0.1, -0.05) is 39.0 Å². The molecule has 0 spiro atoms. The largest absolute Gasteiger partial charge is 0.389 e. The molecule has 0 aliphatic carbocycles. The Labute approximate surface area is 111 Å². The third-order valence-electron chi connectivity index (χ3n) is 3.09. The van der Waals surface area contributed by atoms with Crippen LogP contribution in [0.3, 0.4) is 0 Å². The molecule has 102 valence electrons. The molecule has 1 rings (SSSR count). The molecule has 0 saturated carbocycles. The summed E-state index contributed by atoms with van der Waals surface area (Å²) >= 11 is 0. The minimum Gasteiger partial charge on any atom is -0.389 e. The van der Waals surface area contributed by atoms with Crippen LogP contribution in [0.4, 0.5) is 0 Å². The molecule has 0 amide bonds. The van der Waals surface area contributed by atoms with Crippen LogP contribution in [0.15, 0.2) is 18.2 Å². The summed E-state index contributed by atoms with van der Waals surface area (Å²) in [5, 5.41) is 13.0. The van der Waals surface area contributed by atoms with Crippen LogP contribution in [0.25, 0.3) is 0 Å². The molecule has 1 aromatic rings. The van der Waals surface area contributed by atoms with Gasteiger partial charge in [-0.05, 0) is 42.9 Å². The van der Waals surface area contributed by atoms with Crippen molar-refractivity contribution >= 4 is 0 Å². The van der Waals surface area contributed by atoms with Gasteiger partial charge in [0.2, 0.25) is 0 Å². The molecule has 0 unspecified atom stereocenters. The number of hydrogen-bond acceptors (Lipinski definition) is 2. The van der Waals surface area contributed by atoms with E-state index in [4.69, 9.17) is 0 Å². The van der Waals surface area contributed by atoms with E-state index in [0.29, 0.717) is 6.54 Å². The number of aliphatic hydroxyl groups is 1. The Balaban J connectivity index is 2.76. The molecule has 0 aromatic heterocycles. The fraction of sp³-hybridized carbons (Fsp3) is 0.625. The summed E-state index contributed by atoms with van der Waals surface area (Å²) in [6, 6.07) is 6.66. The van der Waals surface area contributed by atoms with Gasteiger partial charge in [0, 0.05) is 13.1 Å².